The maximum atomic E-state index is 13.2. The van der Waals surface area contributed by atoms with Gasteiger partial charge in [-0.25, -0.2) is 0 Å². The number of hydrogen-bond acceptors (Lipinski definition) is 5. The van der Waals surface area contributed by atoms with Crippen LogP contribution in [0.1, 0.15) is 41.3 Å². The van der Waals surface area contributed by atoms with E-state index in [0.29, 0.717) is 23.5 Å². The van der Waals surface area contributed by atoms with Gasteiger partial charge in [-0.05, 0) is 54.0 Å². The van der Waals surface area contributed by atoms with E-state index in [9.17, 15) is 14.4 Å². The highest BCUT2D eigenvalue weighted by atomic mass is 32.1. The van der Waals surface area contributed by atoms with Gasteiger partial charge in [-0.1, -0.05) is 31.7 Å². The van der Waals surface area contributed by atoms with E-state index in [1.54, 1.807) is 11.0 Å². The van der Waals surface area contributed by atoms with Crippen molar-refractivity contribution >= 4 is 41.8 Å². The third-order valence-electron chi connectivity index (χ3n) is 5.53. The van der Waals surface area contributed by atoms with E-state index >= 15 is 0 Å². The summed E-state index contributed by atoms with van der Waals surface area (Å²) >= 11 is 4.21. The standard InChI is InChI=1S/C25H29N3O4S/c1-3-18-6-9-22-21(14-18)25(32)27(12-10-24(30)31)16-23(29)28(22)15-19-4-7-20(8-5-19)26-17(2)11-13-33/h4-9,14,26,33H,2-3,10-13,15-16H2,1H3,(H,30,31). The Morgan fingerprint density at radius 1 is 1.12 bits per heavy atom. The van der Waals surface area contributed by atoms with E-state index < -0.39 is 5.97 Å². The van der Waals surface area contributed by atoms with Gasteiger partial charge in [-0.2, -0.15) is 12.6 Å². The number of carboxylic acid groups (broad SMARTS) is 1. The molecule has 0 aliphatic carbocycles. The summed E-state index contributed by atoms with van der Waals surface area (Å²) in [5, 5.41) is 12.3. The van der Waals surface area contributed by atoms with Gasteiger partial charge in [0.25, 0.3) is 5.91 Å². The maximum absolute atomic E-state index is 13.2. The van der Waals surface area contributed by atoms with Gasteiger partial charge in [0.15, 0.2) is 0 Å². The summed E-state index contributed by atoms with van der Waals surface area (Å²) in [6, 6.07) is 13.2. The van der Waals surface area contributed by atoms with Gasteiger partial charge in [0.05, 0.1) is 24.2 Å². The molecule has 2 amide bonds. The second-order valence-electron chi connectivity index (χ2n) is 7.95. The predicted octanol–water partition coefficient (Wildman–Crippen LogP) is 3.96. The number of amides is 2. The van der Waals surface area contributed by atoms with Gasteiger partial charge in [-0.3, -0.25) is 14.4 Å². The number of aliphatic carboxylic acids is 1. The topological polar surface area (TPSA) is 90.0 Å². The van der Waals surface area contributed by atoms with Gasteiger partial charge in [0, 0.05) is 17.9 Å². The number of rotatable bonds is 10. The Bertz CT molecular complexity index is 1050. The molecule has 0 unspecified atom stereocenters. The molecule has 0 saturated heterocycles. The zero-order chi connectivity index (χ0) is 24.0. The number of carbonyl (C=O) groups excluding carboxylic acids is 2. The van der Waals surface area contributed by atoms with Gasteiger partial charge < -0.3 is 20.2 Å². The summed E-state index contributed by atoms with van der Waals surface area (Å²) in [6.07, 6.45) is 1.29. The van der Waals surface area contributed by atoms with Crippen molar-refractivity contribution in [1.29, 1.82) is 0 Å². The Hall–Kier alpha value is -3.26. The lowest BCUT2D eigenvalue weighted by Crippen LogP contribution is -2.40. The first-order valence-corrected chi connectivity index (χ1v) is 11.5. The second-order valence-corrected chi connectivity index (χ2v) is 8.40. The van der Waals surface area contributed by atoms with Crippen LogP contribution in [0.3, 0.4) is 0 Å². The minimum absolute atomic E-state index is 0.0138. The number of thiol groups is 1. The molecule has 0 aromatic heterocycles. The van der Waals surface area contributed by atoms with Crippen LogP contribution in [-0.2, 0) is 22.6 Å². The second kappa shape index (κ2) is 11.0. The number of nitrogens with one attached hydrogen (secondary N) is 1. The molecule has 0 bridgehead atoms. The van der Waals surface area contributed by atoms with Crippen molar-refractivity contribution in [3.8, 4) is 0 Å². The minimum Gasteiger partial charge on any atom is -0.481 e. The monoisotopic (exact) mass is 467 g/mol. The lowest BCUT2D eigenvalue weighted by molar-refractivity contribution is -0.137. The predicted molar refractivity (Wildman–Crippen MR) is 133 cm³/mol. The minimum atomic E-state index is -1.01. The molecule has 3 rings (SSSR count). The molecule has 174 valence electrons. The number of aryl methyl sites for hydroxylation is 1. The van der Waals surface area contributed by atoms with Crippen molar-refractivity contribution in [2.24, 2.45) is 0 Å². The Labute approximate surface area is 199 Å². The van der Waals surface area contributed by atoms with E-state index in [1.165, 1.54) is 4.90 Å². The van der Waals surface area contributed by atoms with Crippen LogP contribution in [0, 0.1) is 0 Å². The van der Waals surface area contributed by atoms with E-state index in [-0.39, 0.29) is 31.3 Å². The summed E-state index contributed by atoms with van der Waals surface area (Å²) < 4.78 is 0. The van der Waals surface area contributed by atoms with Crippen LogP contribution in [-0.4, -0.2) is 46.6 Å². The number of fused-ring (bicyclic) bond motifs is 1. The van der Waals surface area contributed by atoms with E-state index in [4.69, 9.17) is 5.11 Å². The Balaban J connectivity index is 1.88. The largest absolute Gasteiger partial charge is 0.481 e. The number of carbonyl (C=O) groups is 3. The summed E-state index contributed by atoms with van der Waals surface area (Å²) in [5.74, 6) is -0.868. The van der Waals surface area contributed by atoms with Crippen molar-refractivity contribution in [3.05, 3.63) is 71.4 Å². The maximum Gasteiger partial charge on any atom is 0.305 e. The Morgan fingerprint density at radius 2 is 1.82 bits per heavy atom. The molecule has 2 N–H and O–H groups in total. The van der Waals surface area contributed by atoms with E-state index in [0.717, 1.165) is 35.4 Å². The van der Waals surface area contributed by atoms with E-state index in [1.807, 2.05) is 43.3 Å². The molecule has 2 aromatic rings. The van der Waals surface area contributed by atoms with Gasteiger partial charge in [-0.15, -0.1) is 0 Å². The zero-order valence-electron chi connectivity index (χ0n) is 18.7. The van der Waals surface area contributed by atoms with Crippen molar-refractivity contribution in [1.82, 2.24) is 4.90 Å². The van der Waals surface area contributed by atoms with Gasteiger partial charge in [0.2, 0.25) is 5.91 Å². The summed E-state index contributed by atoms with van der Waals surface area (Å²) in [5.41, 5.74) is 4.63. The Morgan fingerprint density at radius 3 is 2.45 bits per heavy atom. The number of allylic oxidation sites excluding steroid dienone is 1. The molecule has 2 aromatic carbocycles. The number of anilines is 2. The quantitative estimate of drug-likeness (QED) is 0.460. The average Bonchev–Trinajstić information content (AvgIpc) is 2.89. The van der Waals surface area contributed by atoms with Crippen LogP contribution in [0.2, 0.25) is 0 Å². The summed E-state index contributed by atoms with van der Waals surface area (Å²) in [6.45, 7) is 6.09. The summed E-state index contributed by atoms with van der Waals surface area (Å²) in [7, 11) is 0. The molecule has 0 spiro atoms. The number of nitrogens with zero attached hydrogens (tertiary/aromatic N) is 2. The van der Waals surface area contributed by atoms with Crippen LogP contribution in [0.15, 0.2) is 54.7 Å². The van der Waals surface area contributed by atoms with Crippen LogP contribution in [0.25, 0.3) is 0 Å². The van der Waals surface area contributed by atoms with Crippen LogP contribution < -0.4 is 10.2 Å². The molecule has 0 fully saturated rings. The molecule has 1 aliphatic heterocycles. The first kappa shape index (κ1) is 24.4. The fourth-order valence-corrected chi connectivity index (χ4v) is 3.97. The van der Waals surface area contributed by atoms with Gasteiger partial charge >= 0.3 is 5.97 Å². The smallest absolute Gasteiger partial charge is 0.305 e. The normalized spacial score (nSPS) is 13.5. The first-order chi connectivity index (χ1) is 15.8. The van der Waals surface area contributed by atoms with Crippen LogP contribution >= 0.6 is 12.6 Å². The molecule has 8 heteroatoms. The molecule has 0 atom stereocenters. The van der Waals surface area contributed by atoms with Crippen molar-refractivity contribution in [2.45, 2.75) is 32.7 Å². The Kier molecular flexibility index (Phi) is 8.16. The molecule has 0 radical (unpaired) electrons. The molecule has 1 heterocycles. The van der Waals surface area contributed by atoms with Crippen molar-refractivity contribution in [2.75, 3.05) is 29.1 Å². The highest BCUT2D eigenvalue weighted by Crippen LogP contribution is 2.29. The fourth-order valence-electron chi connectivity index (χ4n) is 3.70. The average molecular weight is 468 g/mol. The highest BCUT2D eigenvalue weighted by molar-refractivity contribution is 7.80. The highest BCUT2D eigenvalue weighted by Gasteiger charge is 2.32. The van der Waals surface area contributed by atoms with E-state index in [2.05, 4.69) is 24.5 Å². The van der Waals surface area contributed by atoms with Crippen LogP contribution in [0.5, 0.6) is 0 Å². The molecule has 33 heavy (non-hydrogen) atoms. The SMILES string of the molecule is C=C(CCS)Nc1ccc(CN2C(=O)CN(CCC(=O)O)C(=O)c3cc(CC)ccc32)cc1. The molecule has 1 aliphatic rings. The molecular weight excluding hydrogens is 438 g/mol. The summed E-state index contributed by atoms with van der Waals surface area (Å²) in [4.78, 5) is 40.4. The van der Waals surface area contributed by atoms with Crippen LogP contribution in [0.4, 0.5) is 11.4 Å². The lowest BCUT2D eigenvalue weighted by Gasteiger charge is -2.23. The molecule has 7 nitrogen and oxygen atoms in total. The number of benzene rings is 2. The van der Waals surface area contributed by atoms with Crippen molar-refractivity contribution < 1.29 is 19.5 Å². The molecule has 0 saturated carbocycles. The third kappa shape index (κ3) is 6.16. The lowest BCUT2D eigenvalue weighted by atomic mass is 10.0. The first-order valence-electron chi connectivity index (χ1n) is 10.9. The van der Waals surface area contributed by atoms with Gasteiger partial charge in [0.1, 0.15) is 6.54 Å². The zero-order valence-corrected chi connectivity index (χ0v) is 19.6. The number of carboxylic acids is 1. The third-order valence-corrected chi connectivity index (χ3v) is 5.75. The number of hydrogen-bond donors (Lipinski definition) is 3. The fraction of sp³-hybridized carbons (Fsp3) is 0.320. The molecular formula is C25H29N3O4S. The van der Waals surface area contributed by atoms with Crippen molar-refractivity contribution in [3.63, 3.8) is 0 Å².